The molecule has 0 bridgehead atoms. The molecule has 0 spiro atoms. The van der Waals surface area contributed by atoms with Gasteiger partial charge in [-0.05, 0) is 42.6 Å². The number of ether oxygens (including phenoxy) is 1. The number of esters is 1. The second-order valence-electron chi connectivity index (χ2n) is 4.50. The van der Waals surface area contributed by atoms with Crippen molar-refractivity contribution in [1.29, 1.82) is 0 Å². The summed E-state index contributed by atoms with van der Waals surface area (Å²) >= 11 is 6.02. The average molecular weight is 311 g/mol. The van der Waals surface area contributed by atoms with E-state index in [4.69, 9.17) is 21.9 Å². The zero-order valence-corrected chi connectivity index (χ0v) is 12.9. The van der Waals surface area contributed by atoms with Crippen LogP contribution in [-0.4, -0.2) is 26.2 Å². The summed E-state index contributed by atoms with van der Waals surface area (Å²) in [6.07, 6.45) is 1.14. The summed E-state index contributed by atoms with van der Waals surface area (Å²) in [6.45, 7) is 2.80. The van der Waals surface area contributed by atoms with E-state index in [0.29, 0.717) is 31.0 Å². The monoisotopic (exact) mass is 310 g/mol. The van der Waals surface area contributed by atoms with Crippen LogP contribution in [0.15, 0.2) is 29.4 Å². The van der Waals surface area contributed by atoms with Crippen molar-refractivity contribution < 1.29 is 9.53 Å². The van der Waals surface area contributed by atoms with Gasteiger partial charge >= 0.3 is 5.97 Å². The summed E-state index contributed by atoms with van der Waals surface area (Å²) in [5.41, 5.74) is 8.06. The molecule has 1 aromatic rings. The molecule has 0 saturated carbocycles. The lowest BCUT2D eigenvalue weighted by Crippen LogP contribution is -2.50. The molecule has 0 aliphatic rings. The molecule has 0 amide bonds. The van der Waals surface area contributed by atoms with E-state index in [9.17, 15) is 4.79 Å². The second-order valence-corrected chi connectivity index (χ2v) is 4.93. The van der Waals surface area contributed by atoms with Crippen molar-refractivity contribution in [3.63, 3.8) is 0 Å². The molecule has 21 heavy (non-hydrogen) atoms. The van der Waals surface area contributed by atoms with Crippen LogP contribution in [0.4, 0.5) is 0 Å². The Bertz CT molecular complexity index is 531. The fourth-order valence-electron chi connectivity index (χ4n) is 2.19. The summed E-state index contributed by atoms with van der Waals surface area (Å²) in [5.74, 6) is -0.365. The van der Waals surface area contributed by atoms with Crippen LogP contribution >= 0.6 is 11.6 Å². The molecule has 1 rings (SSSR count). The van der Waals surface area contributed by atoms with Gasteiger partial charge in [-0.2, -0.15) is 0 Å². The first-order valence-electron chi connectivity index (χ1n) is 6.71. The fraction of sp³-hybridized carbons (Fsp3) is 0.500. The molecular weight excluding hydrogens is 292 g/mol. The van der Waals surface area contributed by atoms with E-state index >= 15 is 0 Å². The lowest BCUT2D eigenvalue weighted by molar-refractivity contribution is -0.149. The second kappa shape index (κ2) is 8.52. The maximum atomic E-state index is 12.3. The molecule has 0 aromatic heterocycles. The molecule has 0 fully saturated rings. The SMILES string of the molecule is CCC(NCCCN=[N+]=[N-])(C(=O)OC)c1cccc(Cl)c1. The molecule has 0 aliphatic heterocycles. The summed E-state index contributed by atoms with van der Waals surface area (Å²) in [6, 6.07) is 7.15. The van der Waals surface area contributed by atoms with Gasteiger partial charge in [0.2, 0.25) is 0 Å². The summed E-state index contributed by atoms with van der Waals surface area (Å²) in [4.78, 5) is 15.0. The van der Waals surface area contributed by atoms with Crippen LogP contribution in [0.3, 0.4) is 0 Å². The Labute approximate surface area is 129 Å². The molecule has 1 atom stereocenters. The van der Waals surface area contributed by atoms with E-state index in [-0.39, 0.29) is 5.97 Å². The van der Waals surface area contributed by atoms with E-state index in [1.54, 1.807) is 18.2 Å². The molecule has 6 nitrogen and oxygen atoms in total. The highest BCUT2D eigenvalue weighted by atomic mass is 35.5. The van der Waals surface area contributed by atoms with Gasteiger partial charge in [0.1, 0.15) is 5.54 Å². The van der Waals surface area contributed by atoms with Crippen LogP contribution in [0.2, 0.25) is 5.02 Å². The number of nitrogens with one attached hydrogen (secondary N) is 1. The van der Waals surface area contributed by atoms with Gasteiger partial charge in [-0.1, -0.05) is 35.8 Å². The van der Waals surface area contributed by atoms with E-state index in [1.807, 2.05) is 13.0 Å². The normalized spacial score (nSPS) is 13.1. The number of azide groups is 1. The molecular formula is C14H19ClN4O2. The average Bonchev–Trinajstić information content (AvgIpc) is 2.50. The molecule has 1 unspecified atom stereocenters. The van der Waals surface area contributed by atoms with Crippen molar-refractivity contribution >= 4 is 17.6 Å². The van der Waals surface area contributed by atoms with Crippen LogP contribution in [0.5, 0.6) is 0 Å². The first-order valence-corrected chi connectivity index (χ1v) is 7.09. The lowest BCUT2D eigenvalue weighted by atomic mass is 9.87. The quantitative estimate of drug-likeness (QED) is 0.262. The van der Waals surface area contributed by atoms with E-state index in [0.717, 1.165) is 5.56 Å². The molecule has 7 heteroatoms. The largest absolute Gasteiger partial charge is 0.467 e. The van der Waals surface area contributed by atoms with Crippen molar-refractivity contribution in [2.75, 3.05) is 20.2 Å². The molecule has 1 N–H and O–H groups in total. The zero-order valence-electron chi connectivity index (χ0n) is 12.2. The molecule has 0 radical (unpaired) electrons. The highest BCUT2D eigenvalue weighted by Gasteiger charge is 2.39. The highest BCUT2D eigenvalue weighted by Crippen LogP contribution is 2.28. The van der Waals surface area contributed by atoms with E-state index < -0.39 is 5.54 Å². The number of rotatable bonds is 8. The molecule has 1 aromatic carbocycles. The van der Waals surface area contributed by atoms with Crippen molar-refractivity contribution in [2.45, 2.75) is 25.3 Å². The van der Waals surface area contributed by atoms with Crippen LogP contribution in [0.1, 0.15) is 25.3 Å². The number of methoxy groups -OCH3 is 1. The van der Waals surface area contributed by atoms with Gasteiger partial charge in [0.05, 0.1) is 7.11 Å². The predicted molar refractivity (Wildman–Crippen MR) is 82.1 cm³/mol. The van der Waals surface area contributed by atoms with Crippen LogP contribution in [-0.2, 0) is 15.1 Å². The van der Waals surface area contributed by atoms with Gasteiger partial charge < -0.3 is 4.74 Å². The Kier molecular flexibility index (Phi) is 7.02. The Morgan fingerprint density at radius 3 is 2.90 bits per heavy atom. The topological polar surface area (TPSA) is 87.1 Å². The van der Waals surface area contributed by atoms with E-state index in [1.165, 1.54) is 7.11 Å². The Morgan fingerprint density at radius 2 is 2.33 bits per heavy atom. The van der Waals surface area contributed by atoms with Gasteiger partial charge in [-0.25, -0.2) is 4.79 Å². The summed E-state index contributed by atoms with van der Waals surface area (Å²) in [7, 11) is 1.36. The van der Waals surface area contributed by atoms with Crippen LogP contribution < -0.4 is 5.32 Å². The third-order valence-corrected chi connectivity index (χ3v) is 3.54. The summed E-state index contributed by atoms with van der Waals surface area (Å²) < 4.78 is 4.95. The van der Waals surface area contributed by atoms with Gasteiger partial charge in [0, 0.05) is 16.5 Å². The number of carbonyl (C=O) groups excluding carboxylic acids is 1. The number of carbonyl (C=O) groups is 1. The molecule has 0 saturated heterocycles. The van der Waals surface area contributed by atoms with Gasteiger partial charge in [0.15, 0.2) is 0 Å². The minimum absolute atomic E-state index is 0.365. The number of hydrogen-bond acceptors (Lipinski definition) is 4. The standard InChI is InChI=1S/C14H19ClN4O2/c1-3-14(13(20)21-2,17-8-5-9-18-19-16)11-6-4-7-12(15)10-11/h4,6-7,10,17H,3,5,8-9H2,1-2H3. The molecule has 114 valence electrons. The van der Waals surface area contributed by atoms with Crippen molar-refractivity contribution in [3.8, 4) is 0 Å². The third-order valence-electron chi connectivity index (χ3n) is 3.31. The lowest BCUT2D eigenvalue weighted by Gasteiger charge is -2.31. The first kappa shape index (κ1) is 17.3. The van der Waals surface area contributed by atoms with Crippen molar-refractivity contribution in [2.24, 2.45) is 5.11 Å². The predicted octanol–water partition coefficient (Wildman–Crippen LogP) is 3.41. The Balaban J connectivity index is 2.99. The van der Waals surface area contributed by atoms with Crippen molar-refractivity contribution in [3.05, 3.63) is 45.3 Å². The minimum atomic E-state index is -0.948. The highest BCUT2D eigenvalue weighted by molar-refractivity contribution is 6.30. The number of benzene rings is 1. The van der Waals surface area contributed by atoms with E-state index in [2.05, 4.69) is 15.3 Å². The number of nitrogens with zero attached hydrogens (tertiary/aromatic N) is 3. The van der Waals surface area contributed by atoms with Crippen LogP contribution in [0, 0.1) is 0 Å². The summed E-state index contributed by atoms with van der Waals surface area (Å²) in [5, 5.41) is 7.25. The fourth-order valence-corrected chi connectivity index (χ4v) is 2.38. The zero-order chi connectivity index (χ0) is 15.7. The van der Waals surface area contributed by atoms with Crippen molar-refractivity contribution in [1.82, 2.24) is 5.32 Å². The smallest absolute Gasteiger partial charge is 0.330 e. The molecule has 0 heterocycles. The van der Waals surface area contributed by atoms with Gasteiger partial charge in [0.25, 0.3) is 0 Å². The Morgan fingerprint density at radius 1 is 1.57 bits per heavy atom. The number of halogens is 1. The minimum Gasteiger partial charge on any atom is -0.467 e. The number of hydrogen-bond donors (Lipinski definition) is 1. The Hall–Kier alpha value is -1.75. The maximum absolute atomic E-state index is 12.3. The first-order chi connectivity index (χ1) is 10.1. The van der Waals surface area contributed by atoms with Crippen LogP contribution in [0.25, 0.3) is 10.4 Å². The van der Waals surface area contributed by atoms with Gasteiger partial charge in [-0.3, -0.25) is 5.32 Å². The maximum Gasteiger partial charge on any atom is 0.330 e. The van der Waals surface area contributed by atoms with Gasteiger partial charge in [-0.15, -0.1) is 0 Å². The molecule has 0 aliphatic carbocycles. The third kappa shape index (κ3) is 4.36.